The van der Waals surface area contributed by atoms with Crippen LogP contribution in [-0.4, -0.2) is 16.2 Å². The van der Waals surface area contributed by atoms with Crippen molar-refractivity contribution < 1.29 is 9.32 Å². The number of hydrogen-bond acceptors (Lipinski definition) is 4. The first kappa shape index (κ1) is 15.3. The highest BCUT2D eigenvalue weighted by Crippen LogP contribution is 2.14. The maximum absolute atomic E-state index is 12.0. The molecule has 0 unspecified atom stereocenters. The van der Waals surface area contributed by atoms with Gasteiger partial charge in [0.25, 0.3) is 5.91 Å². The first-order chi connectivity index (χ1) is 9.97. The molecule has 2 rings (SSSR count). The number of amides is 1. The van der Waals surface area contributed by atoms with Crippen molar-refractivity contribution in [3.8, 4) is 0 Å². The zero-order valence-electron chi connectivity index (χ0n) is 11.4. The minimum atomic E-state index is -0.374. The molecule has 0 aliphatic rings. The molecule has 0 saturated carbocycles. The van der Waals surface area contributed by atoms with Crippen molar-refractivity contribution in [1.82, 2.24) is 16.0 Å². The number of rotatable bonds is 2. The highest BCUT2D eigenvalue weighted by molar-refractivity contribution is 7.80. The van der Waals surface area contributed by atoms with E-state index in [1.54, 1.807) is 38.1 Å². The molecule has 110 valence electrons. The Labute approximate surface area is 131 Å². The number of anilines is 1. The maximum Gasteiger partial charge on any atom is 0.275 e. The predicted molar refractivity (Wildman–Crippen MR) is 84.3 cm³/mol. The molecule has 3 N–H and O–H groups in total. The summed E-state index contributed by atoms with van der Waals surface area (Å²) in [6.07, 6.45) is 0. The lowest BCUT2D eigenvalue weighted by Gasteiger charge is -2.11. The fourth-order valence-corrected chi connectivity index (χ4v) is 2.07. The third-order valence-corrected chi connectivity index (χ3v) is 3.07. The smallest absolute Gasteiger partial charge is 0.275 e. The molecule has 21 heavy (non-hydrogen) atoms. The second-order valence-electron chi connectivity index (χ2n) is 4.24. The van der Waals surface area contributed by atoms with Crippen LogP contribution in [0, 0.1) is 13.8 Å². The van der Waals surface area contributed by atoms with Crippen LogP contribution in [0.1, 0.15) is 21.8 Å². The van der Waals surface area contributed by atoms with E-state index in [9.17, 15) is 4.79 Å². The second-order valence-corrected chi connectivity index (χ2v) is 5.09. The third-order valence-electron chi connectivity index (χ3n) is 2.63. The SMILES string of the molecule is Cc1noc(C)c1C(=O)NNC(=S)Nc1cccc(Cl)c1. The van der Waals surface area contributed by atoms with Crippen LogP contribution in [0.15, 0.2) is 28.8 Å². The monoisotopic (exact) mass is 324 g/mol. The lowest BCUT2D eigenvalue weighted by molar-refractivity contribution is 0.0942. The lowest BCUT2D eigenvalue weighted by atomic mass is 10.2. The van der Waals surface area contributed by atoms with Crippen LogP contribution in [0.2, 0.25) is 5.02 Å². The molecule has 0 saturated heterocycles. The Bertz CT molecular complexity index is 667. The molecule has 0 aliphatic heterocycles. The Hall–Kier alpha value is -2.12. The van der Waals surface area contributed by atoms with E-state index in [0.29, 0.717) is 27.7 Å². The summed E-state index contributed by atoms with van der Waals surface area (Å²) in [6, 6.07) is 7.06. The number of halogens is 1. The highest BCUT2D eigenvalue weighted by Gasteiger charge is 2.17. The Morgan fingerprint density at radius 2 is 2.10 bits per heavy atom. The average molecular weight is 325 g/mol. The van der Waals surface area contributed by atoms with Gasteiger partial charge in [0.2, 0.25) is 0 Å². The normalized spacial score (nSPS) is 10.0. The summed E-state index contributed by atoms with van der Waals surface area (Å²) in [5.74, 6) is 0.0713. The van der Waals surface area contributed by atoms with Gasteiger partial charge >= 0.3 is 0 Å². The maximum atomic E-state index is 12.0. The Morgan fingerprint density at radius 3 is 2.71 bits per heavy atom. The molecule has 1 aromatic carbocycles. The van der Waals surface area contributed by atoms with Gasteiger partial charge in [-0.3, -0.25) is 15.6 Å². The number of thiocarbonyl (C=S) groups is 1. The summed E-state index contributed by atoms with van der Waals surface area (Å²) in [7, 11) is 0. The van der Waals surface area contributed by atoms with E-state index in [1.165, 1.54) is 0 Å². The number of carbonyl (C=O) groups is 1. The number of nitrogens with one attached hydrogen (secondary N) is 3. The molecule has 0 radical (unpaired) electrons. The summed E-state index contributed by atoms with van der Waals surface area (Å²) in [4.78, 5) is 12.0. The first-order valence-electron chi connectivity index (χ1n) is 6.03. The molecule has 1 heterocycles. The van der Waals surface area contributed by atoms with Gasteiger partial charge in [0.15, 0.2) is 5.11 Å². The number of benzene rings is 1. The molecule has 0 aliphatic carbocycles. The average Bonchev–Trinajstić information content (AvgIpc) is 2.76. The van der Waals surface area contributed by atoms with Gasteiger partial charge in [-0.1, -0.05) is 22.8 Å². The molecular weight excluding hydrogens is 312 g/mol. The molecule has 2 aromatic rings. The van der Waals surface area contributed by atoms with Crippen LogP contribution in [0.4, 0.5) is 5.69 Å². The van der Waals surface area contributed by atoms with Crippen LogP contribution in [-0.2, 0) is 0 Å². The Kier molecular flexibility index (Phi) is 4.77. The van der Waals surface area contributed by atoms with Crippen molar-refractivity contribution >= 4 is 40.5 Å². The van der Waals surface area contributed by atoms with Gasteiger partial charge in [0.1, 0.15) is 11.3 Å². The van der Waals surface area contributed by atoms with Gasteiger partial charge in [0, 0.05) is 10.7 Å². The zero-order chi connectivity index (χ0) is 15.4. The van der Waals surface area contributed by atoms with Gasteiger partial charge in [-0.15, -0.1) is 0 Å². The molecule has 0 atom stereocenters. The minimum absolute atomic E-state index is 0.234. The lowest BCUT2D eigenvalue weighted by Crippen LogP contribution is -2.44. The molecule has 0 bridgehead atoms. The third kappa shape index (κ3) is 3.93. The van der Waals surface area contributed by atoms with Crippen LogP contribution >= 0.6 is 23.8 Å². The first-order valence-corrected chi connectivity index (χ1v) is 6.82. The van der Waals surface area contributed by atoms with E-state index < -0.39 is 0 Å². The molecule has 6 nitrogen and oxygen atoms in total. The highest BCUT2D eigenvalue weighted by atomic mass is 35.5. The van der Waals surface area contributed by atoms with Gasteiger partial charge in [-0.2, -0.15) is 0 Å². The van der Waals surface area contributed by atoms with E-state index >= 15 is 0 Å². The molecule has 0 fully saturated rings. The van der Waals surface area contributed by atoms with Crippen molar-refractivity contribution in [1.29, 1.82) is 0 Å². The number of aryl methyl sites for hydroxylation is 2. The molecule has 1 amide bonds. The van der Waals surface area contributed by atoms with E-state index in [2.05, 4.69) is 21.3 Å². The largest absolute Gasteiger partial charge is 0.361 e. The predicted octanol–water partition coefficient (Wildman–Crippen LogP) is 2.58. The van der Waals surface area contributed by atoms with E-state index in [4.69, 9.17) is 28.3 Å². The number of aromatic nitrogens is 1. The summed E-state index contributed by atoms with van der Waals surface area (Å²) in [6.45, 7) is 3.35. The Morgan fingerprint density at radius 1 is 1.33 bits per heavy atom. The summed E-state index contributed by atoms with van der Waals surface area (Å²) in [5, 5.41) is 7.43. The minimum Gasteiger partial charge on any atom is -0.361 e. The number of hydrazine groups is 1. The van der Waals surface area contributed by atoms with E-state index in [-0.39, 0.29) is 11.0 Å². The quantitative estimate of drug-likeness (QED) is 0.582. The zero-order valence-corrected chi connectivity index (χ0v) is 12.9. The summed E-state index contributed by atoms with van der Waals surface area (Å²) >= 11 is 10.9. The molecular formula is C13H13ClN4O2S. The number of hydrogen-bond donors (Lipinski definition) is 3. The summed E-state index contributed by atoms with van der Waals surface area (Å²) < 4.78 is 4.93. The fraction of sp³-hybridized carbons (Fsp3) is 0.154. The van der Waals surface area contributed by atoms with Gasteiger partial charge in [-0.05, 0) is 44.3 Å². The molecule has 1 aromatic heterocycles. The van der Waals surface area contributed by atoms with E-state index in [0.717, 1.165) is 0 Å². The van der Waals surface area contributed by atoms with Crippen molar-refractivity contribution in [2.45, 2.75) is 13.8 Å². The standard InChI is InChI=1S/C13H13ClN4O2S/c1-7-11(8(2)20-18-7)12(19)16-17-13(21)15-10-5-3-4-9(14)6-10/h3-6H,1-2H3,(H,16,19)(H2,15,17,21). The second kappa shape index (κ2) is 6.55. The van der Waals surface area contributed by atoms with Crippen LogP contribution in [0.5, 0.6) is 0 Å². The van der Waals surface area contributed by atoms with Crippen molar-refractivity contribution in [2.75, 3.05) is 5.32 Å². The van der Waals surface area contributed by atoms with Crippen molar-refractivity contribution in [2.24, 2.45) is 0 Å². The van der Waals surface area contributed by atoms with Gasteiger partial charge in [-0.25, -0.2) is 0 Å². The number of carbonyl (C=O) groups excluding carboxylic acids is 1. The van der Waals surface area contributed by atoms with Crippen molar-refractivity contribution in [3.05, 3.63) is 46.3 Å². The molecule has 0 spiro atoms. The van der Waals surface area contributed by atoms with Gasteiger partial charge in [0.05, 0.1) is 5.69 Å². The van der Waals surface area contributed by atoms with E-state index in [1.807, 2.05) is 0 Å². The van der Waals surface area contributed by atoms with Gasteiger partial charge < -0.3 is 9.84 Å². The topological polar surface area (TPSA) is 79.2 Å². The van der Waals surface area contributed by atoms with Crippen LogP contribution < -0.4 is 16.2 Å². The van der Waals surface area contributed by atoms with Crippen LogP contribution in [0.25, 0.3) is 0 Å². The Balaban J connectivity index is 1.91. The number of nitrogens with zero attached hydrogens (tertiary/aromatic N) is 1. The van der Waals surface area contributed by atoms with Crippen LogP contribution in [0.3, 0.4) is 0 Å². The summed E-state index contributed by atoms with van der Waals surface area (Å²) in [5.41, 5.74) is 6.69. The molecule has 8 heteroatoms. The van der Waals surface area contributed by atoms with Crippen molar-refractivity contribution in [3.63, 3.8) is 0 Å². The fourth-order valence-electron chi connectivity index (χ4n) is 1.71.